The minimum Gasteiger partial charge on any atom is -0.508 e. The molecule has 11 nitrogen and oxygen atoms in total. The van der Waals surface area contributed by atoms with Gasteiger partial charge < -0.3 is 40.5 Å². The zero-order chi connectivity index (χ0) is 43.2. The second-order valence-electron chi connectivity index (χ2n) is 19.3. The highest BCUT2D eigenvalue weighted by molar-refractivity contribution is 8.76. The van der Waals surface area contributed by atoms with Gasteiger partial charge in [-0.15, -0.1) is 0 Å². The van der Waals surface area contributed by atoms with Crippen molar-refractivity contribution in [3.05, 3.63) is 87.3 Å². The number of aromatic hydroxyl groups is 1. The molecular formula is C50H54N4O7S2. The maximum absolute atomic E-state index is 13.7. The van der Waals surface area contributed by atoms with Gasteiger partial charge in [0, 0.05) is 83.3 Å². The lowest BCUT2D eigenvalue weighted by atomic mass is 9.61. The van der Waals surface area contributed by atoms with Gasteiger partial charge >= 0.3 is 0 Å². The van der Waals surface area contributed by atoms with Crippen LogP contribution in [0, 0.1) is 47.0 Å². The lowest BCUT2D eigenvalue weighted by Crippen LogP contribution is -2.52. The van der Waals surface area contributed by atoms with Crippen molar-refractivity contribution >= 4 is 33.1 Å². The van der Waals surface area contributed by atoms with Crippen LogP contribution in [0.1, 0.15) is 116 Å². The van der Waals surface area contributed by atoms with Gasteiger partial charge in [-0.2, -0.15) is 0 Å². The topological polar surface area (TPSA) is 170 Å². The number of hydrogen-bond acceptors (Lipinski definition) is 13. The number of aliphatic imine (C=N–C) groups is 1. The number of nitrogens with two attached hydrogens (primary N) is 1. The van der Waals surface area contributed by atoms with Crippen LogP contribution in [-0.2, 0) is 22.4 Å². The molecule has 2 aromatic rings. The van der Waals surface area contributed by atoms with Crippen molar-refractivity contribution < 1.29 is 34.7 Å². The smallest absolute Gasteiger partial charge is 0.187 e. The van der Waals surface area contributed by atoms with Crippen molar-refractivity contribution in [1.82, 2.24) is 10.2 Å². The van der Waals surface area contributed by atoms with E-state index in [1.54, 1.807) is 27.7 Å². The van der Waals surface area contributed by atoms with Crippen molar-refractivity contribution in [3.63, 3.8) is 0 Å². The Labute approximate surface area is 376 Å². The van der Waals surface area contributed by atoms with Crippen LogP contribution in [0.2, 0.25) is 0 Å². The molecule has 2 spiro atoms. The molecule has 63 heavy (non-hydrogen) atoms. The number of phenols is 1. The first-order valence-electron chi connectivity index (χ1n) is 22.7. The van der Waals surface area contributed by atoms with E-state index in [-0.39, 0.29) is 54.2 Å². The van der Waals surface area contributed by atoms with Crippen LogP contribution >= 0.6 is 21.6 Å². The van der Waals surface area contributed by atoms with E-state index >= 15 is 0 Å². The van der Waals surface area contributed by atoms with Crippen LogP contribution in [-0.4, -0.2) is 74.1 Å². The molecule has 8 aliphatic heterocycles. The Bertz CT molecular complexity index is 2520. The van der Waals surface area contributed by atoms with E-state index in [9.17, 15) is 25.2 Å². The van der Waals surface area contributed by atoms with E-state index in [0.717, 1.165) is 77.8 Å². The number of aliphatic hydroxyl groups excluding tert-OH is 3. The molecule has 0 saturated heterocycles. The van der Waals surface area contributed by atoms with Gasteiger partial charge in [0.1, 0.15) is 23.7 Å². The Morgan fingerprint density at radius 2 is 1.98 bits per heavy atom. The number of nitrogens with zero attached hydrogens (tertiary/aromatic N) is 2. The number of carbonyl (C=O) groups is 1. The van der Waals surface area contributed by atoms with Crippen LogP contribution < -0.4 is 20.5 Å². The standard InChI is InChI=1S/C50H54N4O7S2/c1-27-4-6-31(40(57)18-27)41(58)19-28(55)5-7-29-36-24-62-63-26-50-15-12-30-34-21-52-38-23-54(22-35(34)38)48-37(10-11-39(56)32-8-9-33(45(50)44(30)32)47(51)53-25-50)49(13-2-3-14-49)16-17-60-43(20-42(29)59)46(36)61-48/h4,6,8-9,20-22,27,30-31,37,39-41,47-48,53,56-59H,2-3,5,7,12-15,18-19,23-26,51H2,1H3/t27-,30-,31-,37+,39+,40-,41+,47-,48+,50+/m1/s1. The molecule has 0 unspecified atom stereocenters. The van der Waals surface area contributed by atoms with Crippen molar-refractivity contribution in [2.45, 2.75) is 119 Å². The minimum atomic E-state index is -1.08. The summed E-state index contributed by atoms with van der Waals surface area (Å²) >= 11 is 0. The third-order valence-electron chi connectivity index (χ3n) is 15.5. The van der Waals surface area contributed by atoms with Gasteiger partial charge in [-0.25, -0.2) is 0 Å². The predicted octanol–water partition coefficient (Wildman–Crippen LogP) is 6.31. The molecule has 7 N–H and O–H groups in total. The van der Waals surface area contributed by atoms with Gasteiger partial charge in [0.25, 0.3) is 0 Å². The van der Waals surface area contributed by atoms with Crippen molar-refractivity contribution in [2.75, 3.05) is 18.8 Å². The van der Waals surface area contributed by atoms with Gasteiger partial charge in [0.15, 0.2) is 17.7 Å². The van der Waals surface area contributed by atoms with Crippen LogP contribution in [0.25, 0.3) is 0 Å². The third-order valence-corrected chi connectivity index (χ3v) is 17.9. The van der Waals surface area contributed by atoms with E-state index in [1.807, 2.05) is 31.3 Å². The van der Waals surface area contributed by atoms with Crippen molar-refractivity contribution in [3.8, 4) is 41.1 Å². The molecule has 1 saturated carbocycles. The third kappa shape index (κ3) is 6.97. The summed E-state index contributed by atoms with van der Waals surface area (Å²) in [5, 5.41) is 49.8. The lowest BCUT2D eigenvalue weighted by molar-refractivity contribution is -0.122. The number of benzene rings is 2. The summed E-state index contributed by atoms with van der Waals surface area (Å²) in [6.07, 6.45) is 13.3. The summed E-state index contributed by atoms with van der Waals surface area (Å²) in [4.78, 5) is 20.9. The van der Waals surface area contributed by atoms with Gasteiger partial charge in [0.2, 0.25) is 0 Å². The fraction of sp³-hybridized carbons (Fsp3) is 0.520. The zero-order valence-corrected chi connectivity index (χ0v) is 37.1. The molecular weight excluding hydrogens is 833 g/mol. The number of nitrogens with one attached hydrogen (secondary N) is 1. The van der Waals surface area contributed by atoms with Crippen LogP contribution in [0.5, 0.6) is 17.2 Å². The number of carbonyl (C=O) groups excluding carboxylic acids is 1. The molecule has 13 rings (SSSR count). The first-order chi connectivity index (χ1) is 30.5. The van der Waals surface area contributed by atoms with Crippen molar-refractivity contribution in [2.24, 2.45) is 33.9 Å². The van der Waals surface area contributed by atoms with Crippen LogP contribution in [0.4, 0.5) is 0 Å². The van der Waals surface area contributed by atoms with Gasteiger partial charge in [0.05, 0.1) is 42.0 Å². The maximum Gasteiger partial charge on any atom is 0.187 e. The molecule has 328 valence electrons. The first kappa shape index (κ1) is 41.5. The van der Waals surface area contributed by atoms with Gasteiger partial charge in [-0.1, -0.05) is 83.4 Å². The highest BCUT2D eigenvalue weighted by atomic mass is 33.1. The highest BCUT2D eigenvalue weighted by Crippen LogP contribution is 2.57. The largest absolute Gasteiger partial charge is 0.508 e. The summed E-state index contributed by atoms with van der Waals surface area (Å²) in [7, 11) is 3.44. The number of rotatable bonds is 6. The van der Waals surface area contributed by atoms with Crippen LogP contribution in [0.3, 0.4) is 0 Å². The maximum atomic E-state index is 13.7. The van der Waals surface area contributed by atoms with E-state index in [2.05, 4.69) is 46.4 Å². The van der Waals surface area contributed by atoms with E-state index in [1.165, 1.54) is 5.56 Å². The van der Waals surface area contributed by atoms with Crippen LogP contribution in [0.15, 0.2) is 58.9 Å². The van der Waals surface area contributed by atoms with Gasteiger partial charge in [-0.05, 0) is 72.3 Å². The van der Waals surface area contributed by atoms with E-state index in [4.69, 9.17) is 20.2 Å². The number of aliphatic hydroxyl groups is 3. The molecule has 13 heteroatoms. The molecule has 0 aromatic heterocycles. The van der Waals surface area contributed by atoms with Gasteiger partial charge in [-0.3, -0.25) is 15.1 Å². The molecule has 1 fully saturated rings. The van der Waals surface area contributed by atoms with E-state index < -0.39 is 41.8 Å². The molecule has 0 radical (unpaired) electrons. The second-order valence-corrected chi connectivity index (χ2v) is 21.7. The van der Waals surface area contributed by atoms with Crippen molar-refractivity contribution in [1.29, 1.82) is 0 Å². The number of fused-ring (bicyclic) bond motifs is 2. The molecule has 3 aliphatic carbocycles. The lowest BCUT2D eigenvalue weighted by Gasteiger charge is -2.49. The fourth-order valence-electron chi connectivity index (χ4n) is 12.1. The highest BCUT2D eigenvalue weighted by Gasteiger charge is 2.52. The fourth-order valence-corrected chi connectivity index (χ4v) is 14.9. The monoisotopic (exact) mass is 886 g/mol. The number of ether oxygens (including phenoxy) is 2. The molecule has 0 amide bonds. The number of allylic oxidation sites excluding steroid dienone is 2. The molecule has 8 heterocycles. The normalized spacial score (nSPS) is 33.2. The number of Topliss-reactive ketones (excluding diaryl/α,β-unsaturated/α-hetero) is 1. The van der Waals surface area contributed by atoms with E-state index in [0.29, 0.717) is 47.9 Å². The minimum absolute atomic E-state index is 0.00506. The number of phenolic OH excluding ortho intramolecular Hbond substituents is 1. The first-order valence-corrected chi connectivity index (χ1v) is 25.2. The second kappa shape index (κ2) is 16.1. The quantitative estimate of drug-likeness (QED) is 0.109. The Hall–Kier alpha value is -4.18. The number of ketones is 1. The Kier molecular flexibility index (Phi) is 10.6. The summed E-state index contributed by atoms with van der Waals surface area (Å²) < 4.78 is 13.8. The zero-order valence-electron chi connectivity index (χ0n) is 35.4. The summed E-state index contributed by atoms with van der Waals surface area (Å²) in [6.45, 7) is 3.20. The Balaban J connectivity index is 1.06. The number of hydrogen-bond donors (Lipinski definition) is 6. The average Bonchev–Trinajstić information content (AvgIpc) is 4.01. The Morgan fingerprint density at radius 3 is 2.83 bits per heavy atom. The molecule has 11 aliphatic rings. The molecule has 10 bridgehead atoms. The Morgan fingerprint density at radius 1 is 1.14 bits per heavy atom. The molecule has 2 aromatic carbocycles. The predicted molar refractivity (Wildman–Crippen MR) is 244 cm³/mol. The summed E-state index contributed by atoms with van der Waals surface area (Å²) in [5.41, 5.74) is 14.7. The molecule has 10 atom stereocenters. The average molecular weight is 887 g/mol. The SMILES string of the molecule is C[C@@H]1C=C[C@@H]([C@@H](O)CC(=O)CCc2c(O)cc3c4c2CSSC[C@@]25CC[C@@H]6C7=CN=C8CN(C=C78)[C@@H](O4)[C@H](C#C[C@H](O)c4ccc(c2c46)[C@H](N)NC5)C2(C#CO3)CCCC2)[C@H](O)C1. The summed E-state index contributed by atoms with van der Waals surface area (Å²) in [6, 6.07) is 5.69. The summed E-state index contributed by atoms with van der Waals surface area (Å²) in [5.74, 6) is 11.5.